The molecule has 7 heteroatoms. The van der Waals surface area contributed by atoms with Crippen molar-refractivity contribution in [3.63, 3.8) is 0 Å². The number of carbonyl (C=O) groups excluding carboxylic acids is 2. The third-order valence-corrected chi connectivity index (χ3v) is 5.82. The molecular formula is C22H24FNO4S. The van der Waals surface area contributed by atoms with Gasteiger partial charge in [-0.15, -0.1) is 11.3 Å². The van der Waals surface area contributed by atoms with E-state index in [0.29, 0.717) is 19.7 Å². The second-order valence-electron chi connectivity index (χ2n) is 6.79. The van der Waals surface area contributed by atoms with Crippen molar-refractivity contribution in [3.8, 4) is 10.4 Å². The molecule has 3 rings (SSSR count). The smallest absolute Gasteiger partial charge is 0.307 e. The molecule has 0 N–H and O–H groups in total. The van der Waals surface area contributed by atoms with E-state index in [1.807, 2.05) is 12.1 Å². The molecule has 29 heavy (non-hydrogen) atoms. The normalized spacial score (nSPS) is 16.3. The predicted molar refractivity (Wildman–Crippen MR) is 111 cm³/mol. The van der Waals surface area contributed by atoms with Crippen molar-refractivity contribution in [2.24, 2.45) is 0 Å². The van der Waals surface area contributed by atoms with Gasteiger partial charge in [0.2, 0.25) is 5.91 Å². The van der Waals surface area contributed by atoms with Crippen LogP contribution in [0.2, 0.25) is 0 Å². The molecule has 1 aromatic carbocycles. The van der Waals surface area contributed by atoms with Crippen LogP contribution in [0.4, 0.5) is 4.39 Å². The van der Waals surface area contributed by atoms with E-state index in [1.165, 1.54) is 36.7 Å². The number of hydrogen-bond donors (Lipinski definition) is 0. The van der Waals surface area contributed by atoms with Gasteiger partial charge in [0.15, 0.2) is 0 Å². The fourth-order valence-electron chi connectivity index (χ4n) is 3.12. The van der Waals surface area contributed by atoms with Crippen LogP contribution >= 0.6 is 11.3 Å². The van der Waals surface area contributed by atoms with Crippen LogP contribution in [0.1, 0.15) is 24.1 Å². The molecule has 1 amide bonds. The van der Waals surface area contributed by atoms with Crippen molar-refractivity contribution in [1.29, 1.82) is 0 Å². The van der Waals surface area contributed by atoms with Gasteiger partial charge >= 0.3 is 5.97 Å². The van der Waals surface area contributed by atoms with Gasteiger partial charge in [0.25, 0.3) is 0 Å². The van der Waals surface area contributed by atoms with Gasteiger partial charge in [-0.25, -0.2) is 4.39 Å². The molecule has 154 valence electrons. The van der Waals surface area contributed by atoms with Crippen LogP contribution in [0.3, 0.4) is 0 Å². The summed E-state index contributed by atoms with van der Waals surface area (Å²) in [7, 11) is 1.34. The summed E-state index contributed by atoms with van der Waals surface area (Å²) in [4.78, 5) is 27.8. The monoisotopic (exact) mass is 417 g/mol. The minimum Gasteiger partial charge on any atom is -0.469 e. The van der Waals surface area contributed by atoms with Crippen LogP contribution in [0.5, 0.6) is 0 Å². The molecule has 1 aromatic heterocycles. The SMILES string of the molecule is COC(=O)CCN(CC1CCCO1)C(=O)C=Cc1ccc(-c2ccc(F)cc2)s1. The number of ether oxygens (including phenoxy) is 2. The summed E-state index contributed by atoms with van der Waals surface area (Å²) < 4.78 is 23.4. The highest BCUT2D eigenvalue weighted by molar-refractivity contribution is 7.16. The van der Waals surface area contributed by atoms with Gasteiger partial charge in [0.05, 0.1) is 19.6 Å². The first kappa shape index (κ1) is 21.2. The number of hydrogen-bond acceptors (Lipinski definition) is 5. The van der Waals surface area contributed by atoms with Crippen LogP contribution in [-0.4, -0.2) is 49.7 Å². The largest absolute Gasteiger partial charge is 0.469 e. The molecule has 1 atom stereocenters. The van der Waals surface area contributed by atoms with Gasteiger partial charge in [-0.1, -0.05) is 12.1 Å². The van der Waals surface area contributed by atoms with Gasteiger partial charge in [0, 0.05) is 35.5 Å². The Morgan fingerprint density at radius 2 is 2.07 bits per heavy atom. The van der Waals surface area contributed by atoms with Gasteiger partial charge in [-0.05, 0) is 48.7 Å². The highest BCUT2D eigenvalue weighted by Crippen LogP contribution is 2.29. The molecule has 0 saturated carbocycles. The maximum atomic E-state index is 13.1. The molecule has 1 fully saturated rings. The molecule has 0 aliphatic carbocycles. The number of halogens is 1. The number of carbonyl (C=O) groups is 2. The van der Waals surface area contributed by atoms with Gasteiger partial charge in [-0.3, -0.25) is 9.59 Å². The summed E-state index contributed by atoms with van der Waals surface area (Å²) in [5.74, 6) is -0.781. The van der Waals surface area contributed by atoms with E-state index in [2.05, 4.69) is 4.74 Å². The maximum Gasteiger partial charge on any atom is 0.307 e. The van der Waals surface area contributed by atoms with E-state index in [1.54, 1.807) is 23.1 Å². The fraction of sp³-hybridized carbons (Fsp3) is 0.364. The summed E-state index contributed by atoms with van der Waals surface area (Å²) in [6, 6.07) is 10.2. The number of amides is 1. The highest BCUT2D eigenvalue weighted by Gasteiger charge is 2.22. The first-order valence-electron chi connectivity index (χ1n) is 9.56. The topological polar surface area (TPSA) is 55.8 Å². The zero-order valence-electron chi connectivity index (χ0n) is 16.3. The quantitative estimate of drug-likeness (QED) is 0.479. The average molecular weight is 418 g/mol. The van der Waals surface area contributed by atoms with Crippen LogP contribution in [0.25, 0.3) is 16.5 Å². The van der Waals surface area contributed by atoms with Crippen molar-refractivity contribution in [2.75, 3.05) is 26.8 Å². The molecule has 0 spiro atoms. The molecule has 1 aliphatic heterocycles. The Morgan fingerprint density at radius 1 is 1.28 bits per heavy atom. The number of esters is 1. The highest BCUT2D eigenvalue weighted by atomic mass is 32.1. The predicted octanol–water partition coefficient (Wildman–Crippen LogP) is 4.14. The average Bonchev–Trinajstić information content (AvgIpc) is 3.41. The molecule has 0 bridgehead atoms. The molecule has 0 radical (unpaired) electrons. The van der Waals surface area contributed by atoms with E-state index in [4.69, 9.17) is 4.74 Å². The molecular weight excluding hydrogens is 393 g/mol. The first-order valence-corrected chi connectivity index (χ1v) is 10.4. The minimum atomic E-state index is -0.346. The first-order chi connectivity index (χ1) is 14.0. The molecule has 5 nitrogen and oxygen atoms in total. The zero-order chi connectivity index (χ0) is 20.6. The molecule has 1 aliphatic rings. The number of thiophene rings is 1. The van der Waals surface area contributed by atoms with E-state index in [0.717, 1.165) is 28.2 Å². The van der Waals surface area contributed by atoms with E-state index in [9.17, 15) is 14.0 Å². The zero-order valence-corrected chi connectivity index (χ0v) is 17.1. The second kappa shape index (κ2) is 10.3. The van der Waals surface area contributed by atoms with Crippen molar-refractivity contribution in [2.45, 2.75) is 25.4 Å². The Hall–Kier alpha value is -2.51. The maximum absolute atomic E-state index is 13.1. The third-order valence-electron chi connectivity index (χ3n) is 4.72. The fourth-order valence-corrected chi connectivity index (χ4v) is 4.04. The third kappa shape index (κ3) is 6.24. The number of benzene rings is 1. The molecule has 1 saturated heterocycles. The summed E-state index contributed by atoms with van der Waals surface area (Å²) in [6.45, 7) is 1.47. The van der Waals surface area contributed by atoms with E-state index in [-0.39, 0.29) is 30.2 Å². The summed E-state index contributed by atoms with van der Waals surface area (Å²) in [5, 5.41) is 0. The van der Waals surface area contributed by atoms with Crippen LogP contribution in [0, 0.1) is 5.82 Å². The molecule has 2 heterocycles. The van der Waals surface area contributed by atoms with Crippen molar-refractivity contribution in [3.05, 3.63) is 53.2 Å². The van der Waals surface area contributed by atoms with Gasteiger partial charge < -0.3 is 14.4 Å². The van der Waals surface area contributed by atoms with Crippen LogP contribution in [-0.2, 0) is 19.1 Å². The van der Waals surface area contributed by atoms with E-state index >= 15 is 0 Å². The van der Waals surface area contributed by atoms with Crippen LogP contribution < -0.4 is 0 Å². The second-order valence-corrected chi connectivity index (χ2v) is 7.90. The lowest BCUT2D eigenvalue weighted by atomic mass is 10.2. The van der Waals surface area contributed by atoms with Crippen LogP contribution in [0.15, 0.2) is 42.5 Å². The Bertz CT molecular complexity index is 856. The summed E-state index contributed by atoms with van der Waals surface area (Å²) in [5.41, 5.74) is 0.931. The van der Waals surface area contributed by atoms with E-state index < -0.39 is 0 Å². The van der Waals surface area contributed by atoms with Gasteiger partial charge in [0.1, 0.15) is 5.82 Å². The molecule has 1 unspecified atom stereocenters. The lowest BCUT2D eigenvalue weighted by Gasteiger charge is -2.23. The summed E-state index contributed by atoms with van der Waals surface area (Å²) >= 11 is 1.52. The number of rotatable bonds is 8. The lowest BCUT2D eigenvalue weighted by Crippen LogP contribution is -2.37. The summed E-state index contributed by atoms with van der Waals surface area (Å²) in [6.07, 6.45) is 5.35. The van der Waals surface area contributed by atoms with Crippen molar-refractivity contribution >= 4 is 29.3 Å². The Morgan fingerprint density at radius 3 is 2.76 bits per heavy atom. The lowest BCUT2D eigenvalue weighted by molar-refractivity contribution is -0.141. The Balaban J connectivity index is 1.64. The minimum absolute atomic E-state index is 0.0109. The van der Waals surface area contributed by atoms with Gasteiger partial charge in [-0.2, -0.15) is 0 Å². The molecule has 2 aromatic rings. The standard InChI is InChI=1S/C22H24FNO4S/c1-27-22(26)12-13-24(15-18-3-2-14-28-18)21(25)11-9-19-8-10-20(29-19)16-4-6-17(23)7-5-16/h4-11,18H,2-3,12-15H2,1H3. The Kier molecular flexibility index (Phi) is 7.55. The van der Waals surface area contributed by atoms with Crippen molar-refractivity contribution < 1.29 is 23.5 Å². The van der Waals surface area contributed by atoms with Crippen molar-refractivity contribution in [1.82, 2.24) is 4.90 Å². The Labute approximate surface area is 173 Å². The number of methoxy groups -OCH3 is 1. The number of nitrogens with zero attached hydrogens (tertiary/aromatic N) is 1.